The van der Waals surface area contributed by atoms with Gasteiger partial charge in [0.15, 0.2) is 0 Å². The summed E-state index contributed by atoms with van der Waals surface area (Å²) in [6.45, 7) is 6.67. The number of aryl methyl sites for hydroxylation is 2. The highest BCUT2D eigenvalue weighted by molar-refractivity contribution is 5.83. The molecule has 0 fully saturated rings. The van der Waals surface area contributed by atoms with E-state index in [1.54, 1.807) is 0 Å². The Labute approximate surface area is 279 Å². The Kier molecular flexibility index (Phi) is 8.29. The predicted molar refractivity (Wildman–Crippen MR) is 200 cm³/mol. The number of para-hydroxylation sites is 1. The van der Waals surface area contributed by atoms with Crippen molar-refractivity contribution in [3.05, 3.63) is 215 Å². The molecule has 0 saturated carbocycles. The van der Waals surface area contributed by atoms with E-state index in [-0.39, 0.29) is 0 Å². The molecule has 0 saturated heterocycles. The van der Waals surface area contributed by atoms with Crippen molar-refractivity contribution in [1.82, 2.24) is 0 Å². The molecule has 7 rings (SSSR count). The summed E-state index contributed by atoms with van der Waals surface area (Å²) in [4.78, 5) is 0. The molecule has 7 aromatic carbocycles. The second-order valence-electron chi connectivity index (χ2n) is 12.3. The molecule has 0 radical (unpaired) electrons. The fourth-order valence-electron chi connectivity index (χ4n) is 7.24. The molecule has 1 nitrogen and oxygen atoms in total. The minimum atomic E-state index is -0.571. The molecule has 0 aromatic heterocycles. The summed E-state index contributed by atoms with van der Waals surface area (Å²) in [5, 5.41) is 3.82. The minimum Gasteiger partial charge on any atom is -0.355 e. The van der Waals surface area contributed by atoms with Crippen molar-refractivity contribution < 1.29 is 0 Å². The molecule has 0 spiro atoms. The Hall–Kier alpha value is -5.66. The zero-order valence-corrected chi connectivity index (χ0v) is 27.2. The highest BCUT2D eigenvalue weighted by Crippen LogP contribution is 2.48. The minimum absolute atomic E-state index is 0.571. The van der Waals surface area contributed by atoms with Crippen molar-refractivity contribution >= 4 is 11.4 Å². The molecule has 228 valence electrons. The Balaban J connectivity index is 1.47. The lowest BCUT2D eigenvalue weighted by Crippen LogP contribution is -2.32. The van der Waals surface area contributed by atoms with Gasteiger partial charge in [0.25, 0.3) is 0 Å². The van der Waals surface area contributed by atoms with E-state index in [1.165, 1.54) is 61.2 Å². The summed E-state index contributed by atoms with van der Waals surface area (Å²) in [7, 11) is 0. The van der Waals surface area contributed by atoms with Crippen LogP contribution in [0.4, 0.5) is 11.4 Å². The van der Waals surface area contributed by atoms with E-state index in [4.69, 9.17) is 0 Å². The van der Waals surface area contributed by atoms with Crippen molar-refractivity contribution in [2.75, 3.05) is 5.32 Å². The van der Waals surface area contributed by atoms with Crippen LogP contribution in [0.3, 0.4) is 0 Å². The maximum atomic E-state index is 3.82. The average Bonchev–Trinajstić information content (AvgIpc) is 3.11. The smallest absolute Gasteiger partial charge is 0.0705 e. The van der Waals surface area contributed by atoms with Crippen LogP contribution in [0.15, 0.2) is 176 Å². The molecule has 0 aliphatic rings. The summed E-state index contributed by atoms with van der Waals surface area (Å²) < 4.78 is 0. The van der Waals surface area contributed by atoms with Crippen LogP contribution in [0.5, 0.6) is 0 Å². The topological polar surface area (TPSA) is 12.0 Å². The van der Waals surface area contributed by atoms with E-state index in [1.807, 2.05) is 0 Å². The molecule has 0 atom stereocenters. The largest absolute Gasteiger partial charge is 0.355 e. The van der Waals surface area contributed by atoms with E-state index in [2.05, 4.69) is 202 Å². The maximum Gasteiger partial charge on any atom is 0.0705 e. The first-order valence-electron chi connectivity index (χ1n) is 16.4. The van der Waals surface area contributed by atoms with Crippen LogP contribution in [0, 0.1) is 20.8 Å². The lowest BCUT2D eigenvalue weighted by Gasteiger charge is -2.38. The van der Waals surface area contributed by atoms with E-state index in [9.17, 15) is 0 Å². The molecule has 0 bridgehead atoms. The van der Waals surface area contributed by atoms with E-state index in [0.717, 1.165) is 11.4 Å². The number of hydrogen-bond donors (Lipinski definition) is 1. The summed E-state index contributed by atoms with van der Waals surface area (Å²) in [5.74, 6) is 0. The van der Waals surface area contributed by atoms with E-state index in [0.29, 0.717) is 0 Å². The number of anilines is 2. The van der Waals surface area contributed by atoms with Gasteiger partial charge in [0, 0.05) is 16.9 Å². The van der Waals surface area contributed by atoms with E-state index >= 15 is 0 Å². The van der Waals surface area contributed by atoms with Crippen molar-refractivity contribution in [3.8, 4) is 22.3 Å². The van der Waals surface area contributed by atoms with Gasteiger partial charge in [-0.25, -0.2) is 0 Å². The van der Waals surface area contributed by atoms with Gasteiger partial charge in [-0.1, -0.05) is 158 Å². The number of nitrogens with one attached hydrogen (secondary N) is 1. The third-order valence-corrected chi connectivity index (χ3v) is 9.52. The zero-order valence-electron chi connectivity index (χ0n) is 27.2. The van der Waals surface area contributed by atoms with Crippen molar-refractivity contribution in [1.29, 1.82) is 0 Å². The first kappa shape index (κ1) is 30.0. The third kappa shape index (κ3) is 5.55. The molecule has 1 heteroatoms. The molecule has 47 heavy (non-hydrogen) atoms. The summed E-state index contributed by atoms with van der Waals surface area (Å²) in [5.41, 5.74) is 15.3. The molecule has 0 aliphatic heterocycles. The third-order valence-electron chi connectivity index (χ3n) is 9.52. The second-order valence-corrected chi connectivity index (χ2v) is 12.3. The fraction of sp³-hybridized carbons (Fsp3) is 0.0870. The average molecular weight is 606 g/mol. The quantitative estimate of drug-likeness (QED) is 0.170. The molecule has 0 aliphatic carbocycles. The maximum absolute atomic E-state index is 3.82. The monoisotopic (exact) mass is 605 g/mol. The van der Waals surface area contributed by atoms with Gasteiger partial charge < -0.3 is 5.32 Å². The molecule has 0 heterocycles. The first-order valence-corrected chi connectivity index (χ1v) is 16.4. The standard InChI is InChI=1S/C46H39N/c1-33-18-10-12-26-40(33)42-29-17-30-44(35(42)3)46(36-20-6-4-7-21-36,37-22-8-5-9-23-37)38-24-16-25-39(32-38)47-45-31-15-14-28-43(45)41-27-13-11-19-34(41)2/h4-32,47H,1-3H3. The molecule has 0 amide bonds. The van der Waals surface area contributed by atoms with Crippen LogP contribution in [0.1, 0.15) is 38.9 Å². The van der Waals surface area contributed by atoms with Crippen LogP contribution < -0.4 is 5.32 Å². The van der Waals surface area contributed by atoms with Gasteiger partial charge in [-0.05, 0) is 94.6 Å². The Morgan fingerprint density at radius 2 is 0.851 bits per heavy atom. The van der Waals surface area contributed by atoms with E-state index < -0.39 is 5.41 Å². The van der Waals surface area contributed by atoms with Crippen molar-refractivity contribution in [2.45, 2.75) is 26.2 Å². The summed E-state index contributed by atoms with van der Waals surface area (Å²) in [6, 6.07) is 63.7. The Bertz CT molecular complexity index is 2100. The summed E-state index contributed by atoms with van der Waals surface area (Å²) in [6.07, 6.45) is 0. The Morgan fingerprint density at radius 3 is 1.47 bits per heavy atom. The van der Waals surface area contributed by atoms with Crippen LogP contribution in [0.25, 0.3) is 22.3 Å². The molecule has 7 aromatic rings. The van der Waals surface area contributed by atoms with Crippen LogP contribution >= 0.6 is 0 Å². The van der Waals surface area contributed by atoms with Gasteiger partial charge in [-0.3, -0.25) is 0 Å². The first-order chi connectivity index (χ1) is 23.1. The van der Waals surface area contributed by atoms with Crippen LogP contribution in [-0.2, 0) is 5.41 Å². The van der Waals surface area contributed by atoms with Gasteiger partial charge in [-0.15, -0.1) is 0 Å². The van der Waals surface area contributed by atoms with Crippen molar-refractivity contribution in [2.24, 2.45) is 0 Å². The Morgan fingerprint density at radius 1 is 0.383 bits per heavy atom. The predicted octanol–water partition coefficient (Wildman–Crippen LogP) is 12.1. The number of benzene rings is 7. The van der Waals surface area contributed by atoms with Gasteiger partial charge >= 0.3 is 0 Å². The van der Waals surface area contributed by atoms with Gasteiger partial charge in [0.2, 0.25) is 0 Å². The normalized spacial score (nSPS) is 11.3. The van der Waals surface area contributed by atoms with Crippen LogP contribution in [0.2, 0.25) is 0 Å². The molecule has 0 unspecified atom stereocenters. The number of hydrogen-bond acceptors (Lipinski definition) is 1. The van der Waals surface area contributed by atoms with Gasteiger partial charge in [0.1, 0.15) is 0 Å². The molecular formula is C46H39N. The summed E-state index contributed by atoms with van der Waals surface area (Å²) >= 11 is 0. The molecular weight excluding hydrogens is 567 g/mol. The van der Waals surface area contributed by atoms with Crippen LogP contribution in [-0.4, -0.2) is 0 Å². The SMILES string of the molecule is Cc1ccccc1-c1ccccc1Nc1cccc(C(c2ccccc2)(c2ccccc2)c2cccc(-c3ccccc3C)c2C)c1. The fourth-order valence-corrected chi connectivity index (χ4v) is 7.24. The molecule has 1 N–H and O–H groups in total. The zero-order chi connectivity index (χ0) is 32.2. The van der Waals surface area contributed by atoms with Crippen molar-refractivity contribution in [3.63, 3.8) is 0 Å². The number of rotatable bonds is 8. The highest BCUT2D eigenvalue weighted by atomic mass is 14.9. The lowest BCUT2D eigenvalue weighted by atomic mass is 9.63. The second kappa shape index (κ2) is 13.0. The van der Waals surface area contributed by atoms with Gasteiger partial charge in [-0.2, -0.15) is 0 Å². The highest BCUT2D eigenvalue weighted by Gasteiger charge is 2.40. The van der Waals surface area contributed by atoms with Gasteiger partial charge in [0.05, 0.1) is 5.41 Å². The lowest BCUT2D eigenvalue weighted by molar-refractivity contribution is 0.739.